The third-order valence-electron chi connectivity index (χ3n) is 2.88. The van der Waals surface area contributed by atoms with Crippen molar-refractivity contribution in [3.05, 3.63) is 65.0 Å². The summed E-state index contributed by atoms with van der Waals surface area (Å²) >= 11 is 0. The first-order chi connectivity index (χ1) is 9.60. The largest absolute Gasteiger partial charge is 0.489 e. The lowest BCUT2D eigenvalue weighted by molar-refractivity contribution is 0.304. The van der Waals surface area contributed by atoms with Crippen LogP contribution in [-0.4, -0.2) is 11.0 Å². The molecule has 0 saturated heterocycles. The molecule has 2 aromatic carbocycles. The molecule has 0 aliphatic carbocycles. The lowest BCUT2D eigenvalue weighted by atomic mass is 10.1. The van der Waals surface area contributed by atoms with Crippen LogP contribution >= 0.6 is 0 Å². The highest BCUT2D eigenvalue weighted by Crippen LogP contribution is 2.17. The van der Waals surface area contributed by atoms with Gasteiger partial charge in [-0.3, -0.25) is 0 Å². The molecule has 5 heteroatoms. The van der Waals surface area contributed by atoms with E-state index in [9.17, 15) is 4.39 Å². The van der Waals surface area contributed by atoms with Crippen LogP contribution in [0.5, 0.6) is 5.75 Å². The van der Waals surface area contributed by atoms with Crippen LogP contribution in [0.2, 0.25) is 0 Å². The monoisotopic (exact) mass is 274 g/mol. The SMILES string of the molecule is Cc1ccc(OCc2cccc(/C(N)=N/O)c2)cc1F. The maximum Gasteiger partial charge on any atom is 0.170 e. The predicted molar refractivity (Wildman–Crippen MR) is 74.4 cm³/mol. The van der Waals surface area contributed by atoms with Crippen LogP contribution in [0.3, 0.4) is 0 Å². The highest BCUT2D eigenvalue weighted by atomic mass is 19.1. The summed E-state index contributed by atoms with van der Waals surface area (Å²) in [4.78, 5) is 0. The zero-order chi connectivity index (χ0) is 14.5. The summed E-state index contributed by atoms with van der Waals surface area (Å²) in [6.07, 6.45) is 0. The number of hydrogen-bond acceptors (Lipinski definition) is 3. The Morgan fingerprint density at radius 2 is 2.10 bits per heavy atom. The lowest BCUT2D eigenvalue weighted by Crippen LogP contribution is -2.13. The molecule has 0 bridgehead atoms. The van der Waals surface area contributed by atoms with E-state index in [1.165, 1.54) is 6.07 Å². The summed E-state index contributed by atoms with van der Waals surface area (Å²) in [7, 11) is 0. The molecule has 0 aromatic heterocycles. The van der Waals surface area contributed by atoms with Gasteiger partial charge >= 0.3 is 0 Å². The Balaban J connectivity index is 2.09. The summed E-state index contributed by atoms with van der Waals surface area (Å²) in [5.41, 5.74) is 7.54. The number of oxime groups is 1. The van der Waals surface area contributed by atoms with Crippen LogP contribution in [-0.2, 0) is 6.61 Å². The highest BCUT2D eigenvalue weighted by molar-refractivity contribution is 5.97. The zero-order valence-electron chi connectivity index (χ0n) is 11.0. The number of nitrogens with zero attached hydrogens (tertiary/aromatic N) is 1. The van der Waals surface area contributed by atoms with Gasteiger partial charge in [0.2, 0.25) is 0 Å². The second-order valence-electron chi connectivity index (χ2n) is 4.39. The van der Waals surface area contributed by atoms with Crippen molar-refractivity contribution in [2.45, 2.75) is 13.5 Å². The molecule has 0 saturated carbocycles. The molecule has 0 spiro atoms. The molecule has 104 valence electrons. The Bertz CT molecular complexity index is 642. The van der Waals surface area contributed by atoms with Crippen molar-refractivity contribution in [2.24, 2.45) is 10.9 Å². The van der Waals surface area contributed by atoms with Gasteiger partial charge in [0, 0.05) is 11.6 Å². The summed E-state index contributed by atoms with van der Waals surface area (Å²) in [6, 6.07) is 11.8. The molecular formula is C15H15FN2O2. The fourth-order valence-electron chi connectivity index (χ4n) is 1.71. The Morgan fingerprint density at radius 3 is 2.80 bits per heavy atom. The quantitative estimate of drug-likeness (QED) is 0.390. The van der Waals surface area contributed by atoms with Crippen molar-refractivity contribution in [1.82, 2.24) is 0 Å². The lowest BCUT2D eigenvalue weighted by Gasteiger charge is -2.08. The molecule has 0 aliphatic heterocycles. The van der Waals surface area contributed by atoms with Gasteiger partial charge in [0.25, 0.3) is 0 Å². The second-order valence-corrected chi connectivity index (χ2v) is 4.39. The van der Waals surface area contributed by atoms with Crippen LogP contribution in [0.25, 0.3) is 0 Å². The molecule has 0 radical (unpaired) electrons. The van der Waals surface area contributed by atoms with Crippen LogP contribution in [0, 0.1) is 12.7 Å². The molecule has 0 aliphatic rings. The van der Waals surface area contributed by atoms with Gasteiger partial charge < -0.3 is 15.7 Å². The highest BCUT2D eigenvalue weighted by Gasteiger charge is 2.03. The fraction of sp³-hybridized carbons (Fsp3) is 0.133. The summed E-state index contributed by atoms with van der Waals surface area (Å²) in [5.74, 6) is 0.198. The number of benzene rings is 2. The van der Waals surface area contributed by atoms with Gasteiger partial charge in [-0.25, -0.2) is 4.39 Å². The standard InChI is InChI=1S/C15H15FN2O2/c1-10-5-6-13(8-14(10)16)20-9-11-3-2-4-12(7-11)15(17)18-19/h2-8,19H,9H2,1H3,(H2,17,18). The van der Waals surface area contributed by atoms with E-state index in [1.807, 2.05) is 6.07 Å². The molecular weight excluding hydrogens is 259 g/mol. The maximum absolute atomic E-state index is 13.4. The van der Waals surface area contributed by atoms with E-state index in [1.54, 1.807) is 37.3 Å². The molecule has 0 atom stereocenters. The van der Waals surface area contributed by atoms with Crippen LogP contribution < -0.4 is 10.5 Å². The Kier molecular flexibility index (Phi) is 4.20. The minimum absolute atomic E-state index is 0.0354. The summed E-state index contributed by atoms with van der Waals surface area (Å²) in [5, 5.41) is 11.6. The summed E-state index contributed by atoms with van der Waals surface area (Å²) in [6.45, 7) is 1.97. The van der Waals surface area contributed by atoms with Crippen molar-refractivity contribution in [3.63, 3.8) is 0 Å². The Hall–Kier alpha value is -2.56. The van der Waals surface area contributed by atoms with Crippen molar-refractivity contribution in [1.29, 1.82) is 0 Å². The molecule has 0 unspecified atom stereocenters. The minimum Gasteiger partial charge on any atom is -0.489 e. The smallest absolute Gasteiger partial charge is 0.170 e. The normalized spacial score (nSPS) is 11.4. The van der Waals surface area contributed by atoms with E-state index < -0.39 is 0 Å². The second kappa shape index (κ2) is 6.06. The molecule has 0 amide bonds. The van der Waals surface area contributed by atoms with Crippen molar-refractivity contribution in [3.8, 4) is 5.75 Å². The Morgan fingerprint density at radius 1 is 1.30 bits per heavy atom. The molecule has 3 N–H and O–H groups in total. The molecule has 2 rings (SSSR count). The maximum atomic E-state index is 13.4. The number of hydrogen-bond donors (Lipinski definition) is 2. The van der Waals surface area contributed by atoms with E-state index in [2.05, 4.69) is 5.16 Å². The molecule has 2 aromatic rings. The average molecular weight is 274 g/mol. The van der Waals surface area contributed by atoms with Gasteiger partial charge in [0.1, 0.15) is 18.2 Å². The van der Waals surface area contributed by atoms with Gasteiger partial charge in [0.15, 0.2) is 5.84 Å². The molecule has 20 heavy (non-hydrogen) atoms. The van der Waals surface area contributed by atoms with Gasteiger partial charge in [-0.05, 0) is 30.2 Å². The number of halogens is 1. The van der Waals surface area contributed by atoms with Gasteiger partial charge in [-0.1, -0.05) is 29.4 Å². The first kappa shape index (κ1) is 13.9. The average Bonchev–Trinajstić information content (AvgIpc) is 2.48. The number of rotatable bonds is 4. The van der Waals surface area contributed by atoms with E-state index in [0.717, 1.165) is 5.56 Å². The third kappa shape index (κ3) is 3.26. The zero-order valence-corrected chi connectivity index (χ0v) is 11.0. The van der Waals surface area contributed by atoms with Crippen molar-refractivity contribution < 1.29 is 14.3 Å². The number of amidine groups is 1. The van der Waals surface area contributed by atoms with E-state index in [4.69, 9.17) is 15.7 Å². The van der Waals surface area contributed by atoms with Crippen molar-refractivity contribution in [2.75, 3.05) is 0 Å². The minimum atomic E-state index is -0.298. The van der Waals surface area contributed by atoms with E-state index in [0.29, 0.717) is 16.9 Å². The number of ether oxygens (including phenoxy) is 1. The van der Waals surface area contributed by atoms with Crippen molar-refractivity contribution >= 4 is 5.84 Å². The van der Waals surface area contributed by atoms with E-state index in [-0.39, 0.29) is 18.3 Å². The van der Waals surface area contributed by atoms with Crippen LogP contribution in [0.15, 0.2) is 47.6 Å². The first-order valence-electron chi connectivity index (χ1n) is 6.06. The summed E-state index contributed by atoms with van der Waals surface area (Å²) < 4.78 is 18.9. The predicted octanol–water partition coefficient (Wildman–Crippen LogP) is 2.81. The van der Waals surface area contributed by atoms with Gasteiger partial charge in [-0.15, -0.1) is 0 Å². The van der Waals surface area contributed by atoms with Crippen LogP contribution in [0.1, 0.15) is 16.7 Å². The van der Waals surface area contributed by atoms with Crippen LogP contribution in [0.4, 0.5) is 4.39 Å². The number of aryl methyl sites for hydroxylation is 1. The fourth-order valence-corrected chi connectivity index (χ4v) is 1.71. The number of nitrogens with two attached hydrogens (primary N) is 1. The first-order valence-corrected chi connectivity index (χ1v) is 6.06. The topological polar surface area (TPSA) is 67.8 Å². The molecule has 0 fully saturated rings. The van der Waals surface area contributed by atoms with Gasteiger partial charge in [-0.2, -0.15) is 0 Å². The molecule has 4 nitrogen and oxygen atoms in total. The van der Waals surface area contributed by atoms with Gasteiger partial charge in [0.05, 0.1) is 0 Å². The molecule has 0 heterocycles. The third-order valence-corrected chi connectivity index (χ3v) is 2.88. The van der Waals surface area contributed by atoms with E-state index >= 15 is 0 Å². The Labute approximate surface area is 116 Å².